The molecule has 1 aromatic heterocycles. The normalized spacial score (nSPS) is 10.8. The molecule has 0 saturated carbocycles. The van der Waals surface area contributed by atoms with Crippen LogP contribution in [0.1, 0.15) is 25.1 Å². The summed E-state index contributed by atoms with van der Waals surface area (Å²) in [4.78, 5) is 4.78. The number of methoxy groups -OCH3 is 1. The molecule has 1 N–H and O–H groups in total. The molecule has 1 heterocycles. The summed E-state index contributed by atoms with van der Waals surface area (Å²) in [6, 6.07) is 3.96. The van der Waals surface area contributed by atoms with Gasteiger partial charge >= 0.3 is 0 Å². The smallest absolute Gasteiger partial charge is 0.130 e. The van der Waals surface area contributed by atoms with E-state index in [1.54, 1.807) is 7.11 Å². The molecule has 0 fully saturated rings. The van der Waals surface area contributed by atoms with Crippen LogP contribution in [-0.4, -0.2) is 18.6 Å². The van der Waals surface area contributed by atoms with Gasteiger partial charge in [-0.3, -0.25) is 4.98 Å². The summed E-state index contributed by atoms with van der Waals surface area (Å²) in [6.07, 6.45) is 0.920. The number of anilines is 1. The van der Waals surface area contributed by atoms with Gasteiger partial charge < -0.3 is 10.1 Å². The first-order chi connectivity index (χ1) is 9.13. The average molecular weight is 323 g/mol. The number of halogens is 1. The number of aromatic nitrogens is 1. The number of pyridine rings is 1. The van der Waals surface area contributed by atoms with E-state index in [1.165, 1.54) is 5.56 Å². The Bertz CT molecular complexity index is 611. The van der Waals surface area contributed by atoms with E-state index < -0.39 is 0 Å². The van der Waals surface area contributed by atoms with Crippen LogP contribution in [0.4, 0.5) is 5.69 Å². The molecule has 2 aromatic rings. The standard InChI is InChI=1S/C15H19BrN2O/c1-5-11-9(3)14(17-6-2)13-12(19-4)8-7-10(16)15(13)18-11/h7-8H,5-6H2,1-4H3,(H,17,18). The van der Waals surface area contributed by atoms with Crippen LogP contribution in [0.5, 0.6) is 5.75 Å². The zero-order valence-electron chi connectivity index (χ0n) is 11.8. The van der Waals surface area contributed by atoms with E-state index >= 15 is 0 Å². The van der Waals surface area contributed by atoms with Crippen LogP contribution in [0.15, 0.2) is 16.6 Å². The van der Waals surface area contributed by atoms with Gasteiger partial charge in [-0.2, -0.15) is 0 Å². The fourth-order valence-electron chi connectivity index (χ4n) is 2.36. The number of benzene rings is 1. The topological polar surface area (TPSA) is 34.2 Å². The fourth-order valence-corrected chi connectivity index (χ4v) is 2.78. The number of nitrogens with one attached hydrogen (secondary N) is 1. The fraction of sp³-hybridized carbons (Fsp3) is 0.400. The summed E-state index contributed by atoms with van der Waals surface area (Å²) in [5.74, 6) is 0.854. The molecule has 0 aliphatic rings. The van der Waals surface area contributed by atoms with Gasteiger partial charge in [0, 0.05) is 16.7 Å². The highest BCUT2D eigenvalue weighted by Crippen LogP contribution is 2.38. The predicted molar refractivity (Wildman–Crippen MR) is 84.3 cm³/mol. The Balaban J connectivity index is 2.90. The van der Waals surface area contributed by atoms with Crippen LogP contribution in [0.25, 0.3) is 10.9 Å². The second-order valence-corrected chi connectivity index (χ2v) is 5.27. The third kappa shape index (κ3) is 2.41. The summed E-state index contributed by atoms with van der Waals surface area (Å²) < 4.78 is 6.49. The molecule has 0 bridgehead atoms. The lowest BCUT2D eigenvalue weighted by molar-refractivity contribution is 0.420. The number of hydrogen-bond donors (Lipinski definition) is 1. The molecule has 4 heteroatoms. The van der Waals surface area contributed by atoms with Crippen molar-refractivity contribution >= 4 is 32.5 Å². The number of ether oxygens (including phenoxy) is 1. The van der Waals surface area contributed by atoms with Crippen molar-refractivity contribution in [3.63, 3.8) is 0 Å². The maximum absolute atomic E-state index is 5.50. The van der Waals surface area contributed by atoms with Crippen LogP contribution in [0.3, 0.4) is 0 Å². The van der Waals surface area contributed by atoms with Crippen LogP contribution in [-0.2, 0) is 6.42 Å². The maximum atomic E-state index is 5.50. The summed E-state index contributed by atoms with van der Waals surface area (Å²) in [6.45, 7) is 7.22. The van der Waals surface area contributed by atoms with Gasteiger partial charge in [-0.25, -0.2) is 0 Å². The zero-order valence-corrected chi connectivity index (χ0v) is 13.4. The highest BCUT2D eigenvalue weighted by atomic mass is 79.9. The molecule has 102 valence electrons. The van der Waals surface area contributed by atoms with Crippen molar-refractivity contribution in [2.75, 3.05) is 19.0 Å². The largest absolute Gasteiger partial charge is 0.496 e. The quantitative estimate of drug-likeness (QED) is 0.910. The second kappa shape index (κ2) is 5.78. The lowest BCUT2D eigenvalue weighted by Gasteiger charge is -2.17. The van der Waals surface area contributed by atoms with E-state index in [0.717, 1.165) is 45.5 Å². The monoisotopic (exact) mass is 322 g/mol. The highest BCUT2D eigenvalue weighted by molar-refractivity contribution is 9.10. The zero-order chi connectivity index (χ0) is 14.0. The van der Waals surface area contributed by atoms with Gasteiger partial charge in [0.2, 0.25) is 0 Å². The first-order valence-electron chi connectivity index (χ1n) is 6.53. The van der Waals surface area contributed by atoms with E-state index in [2.05, 4.69) is 42.0 Å². The minimum absolute atomic E-state index is 0.854. The second-order valence-electron chi connectivity index (χ2n) is 4.42. The third-order valence-electron chi connectivity index (χ3n) is 3.30. The summed E-state index contributed by atoms with van der Waals surface area (Å²) in [5.41, 5.74) is 4.41. The lowest BCUT2D eigenvalue weighted by atomic mass is 10.0. The van der Waals surface area contributed by atoms with Crippen molar-refractivity contribution in [3.05, 3.63) is 27.9 Å². The molecule has 0 aliphatic heterocycles. The first kappa shape index (κ1) is 14.1. The molecule has 0 spiro atoms. The van der Waals surface area contributed by atoms with Crippen molar-refractivity contribution < 1.29 is 4.74 Å². The Morgan fingerprint density at radius 1 is 1.32 bits per heavy atom. The molecule has 0 amide bonds. The lowest BCUT2D eigenvalue weighted by Crippen LogP contribution is -2.05. The van der Waals surface area contributed by atoms with Crippen molar-refractivity contribution in [2.24, 2.45) is 0 Å². The Hall–Kier alpha value is -1.29. The summed E-state index contributed by atoms with van der Waals surface area (Å²) >= 11 is 3.59. The van der Waals surface area contributed by atoms with E-state index in [-0.39, 0.29) is 0 Å². The van der Waals surface area contributed by atoms with Gasteiger partial charge in [0.1, 0.15) is 5.75 Å². The van der Waals surface area contributed by atoms with E-state index in [9.17, 15) is 0 Å². The van der Waals surface area contributed by atoms with Crippen LogP contribution in [0, 0.1) is 6.92 Å². The minimum Gasteiger partial charge on any atom is -0.496 e. The molecule has 3 nitrogen and oxygen atoms in total. The van der Waals surface area contributed by atoms with Gasteiger partial charge in [-0.15, -0.1) is 0 Å². The Morgan fingerprint density at radius 2 is 2.05 bits per heavy atom. The highest BCUT2D eigenvalue weighted by Gasteiger charge is 2.16. The first-order valence-corrected chi connectivity index (χ1v) is 7.32. The number of rotatable bonds is 4. The summed E-state index contributed by atoms with van der Waals surface area (Å²) in [5, 5.41) is 4.50. The van der Waals surface area contributed by atoms with Gasteiger partial charge in [0.25, 0.3) is 0 Å². The molecule has 0 atom stereocenters. The third-order valence-corrected chi connectivity index (χ3v) is 3.94. The molecule has 0 saturated heterocycles. The van der Waals surface area contributed by atoms with Crippen LogP contribution >= 0.6 is 15.9 Å². The van der Waals surface area contributed by atoms with Gasteiger partial charge in [0.05, 0.1) is 23.7 Å². The average Bonchev–Trinajstić information content (AvgIpc) is 2.42. The SMILES string of the molecule is CCNc1c(C)c(CC)nc2c(Br)ccc(OC)c12. The van der Waals surface area contributed by atoms with Crippen molar-refractivity contribution in [1.29, 1.82) is 0 Å². The van der Waals surface area contributed by atoms with E-state index in [1.807, 2.05) is 12.1 Å². The Morgan fingerprint density at radius 3 is 2.63 bits per heavy atom. The molecular formula is C15H19BrN2O. The summed E-state index contributed by atoms with van der Waals surface area (Å²) in [7, 11) is 1.70. The molecule has 0 unspecified atom stereocenters. The van der Waals surface area contributed by atoms with Crippen molar-refractivity contribution in [3.8, 4) is 5.75 Å². The van der Waals surface area contributed by atoms with Crippen LogP contribution in [0.2, 0.25) is 0 Å². The maximum Gasteiger partial charge on any atom is 0.130 e. The van der Waals surface area contributed by atoms with Crippen LogP contribution < -0.4 is 10.1 Å². The number of nitrogens with zero attached hydrogens (tertiary/aromatic N) is 1. The van der Waals surface area contributed by atoms with E-state index in [0.29, 0.717) is 0 Å². The minimum atomic E-state index is 0.854. The predicted octanol–water partition coefficient (Wildman–Crippen LogP) is 4.31. The Labute approximate surface area is 122 Å². The molecule has 19 heavy (non-hydrogen) atoms. The molecule has 0 aliphatic carbocycles. The van der Waals surface area contributed by atoms with Gasteiger partial charge in [0.15, 0.2) is 0 Å². The Kier molecular flexibility index (Phi) is 4.30. The molecule has 0 radical (unpaired) electrons. The number of hydrogen-bond acceptors (Lipinski definition) is 3. The van der Waals surface area contributed by atoms with Gasteiger partial charge in [-0.05, 0) is 53.9 Å². The van der Waals surface area contributed by atoms with Crippen molar-refractivity contribution in [2.45, 2.75) is 27.2 Å². The molecule has 2 rings (SSSR count). The van der Waals surface area contributed by atoms with Gasteiger partial charge in [-0.1, -0.05) is 6.92 Å². The number of aryl methyl sites for hydroxylation is 1. The molecule has 1 aromatic carbocycles. The number of fused-ring (bicyclic) bond motifs is 1. The molecular weight excluding hydrogens is 304 g/mol. The van der Waals surface area contributed by atoms with Crippen molar-refractivity contribution in [1.82, 2.24) is 4.98 Å². The van der Waals surface area contributed by atoms with E-state index in [4.69, 9.17) is 9.72 Å².